The summed E-state index contributed by atoms with van der Waals surface area (Å²) in [6.07, 6.45) is 1.76. The maximum absolute atomic E-state index is 11.2. The highest BCUT2D eigenvalue weighted by atomic mass is 16.2. The molecule has 78 valence electrons. The van der Waals surface area contributed by atoms with Gasteiger partial charge in [0.2, 0.25) is 5.91 Å². The second-order valence-electron chi connectivity index (χ2n) is 2.89. The standard InChI is InChI=1S/C8H15N5O/c1-3-10-8(14)6-13-5-7(4-9-2)11-12-13/h5,9H,3-4,6H2,1-2H3,(H,10,14). The average molecular weight is 197 g/mol. The Labute approximate surface area is 82.7 Å². The van der Waals surface area contributed by atoms with Crippen molar-refractivity contribution in [3.05, 3.63) is 11.9 Å². The molecular formula is C8H15N5O. The molecule has 0 saturated carbocycles. The molecule has 0 aliphatic rings. The Kier molecular flexibility index (Phi) is 4.06. The molecule has 0 unspecified atom stereocenters. The van der Waals surface area contributed by atoms with E-state index in [9.17, 15) is 4.79 Å². The fraction of sp³-hybridized carbons (Fsp3) is 0.625. The van der Waals surface area contributed by atoms with Crippen LogP contribution >= 0.6 is 0 Å². The summed E-state index contributed by atoms with van der Waals surface area (Å²) >= 11 is 0. The van der Waals surface area contributed by atoms with Gasteiger partial charge in [-0.1, -0.05) is 5.21 Å². The van der Waals surface area contributed by atoms with E-state index >= 15 is 0 Å². The van der Waals surface area contributed by atoms with Crippen LogP contribution in [0.3, 0.4) is 0 Å². The molecular weight excluding hydrogens is 182 g/mol. The second kappa shape index (κ2) is 5.33. The summed E-state index contributed by atoms with van der Waals surface area (Å²) in [5.41, 5.74) is 0.830. The van der Waals surface area contributed by atoms with Crippen molar-refractivity contribution >= 4 is 5.91 Å². The Morgan fingerprint density at radius 1 is 1.64 bits per heavy atom. The smallest absolute Gasteiger partial charge is 0.241 e. The van der Waals surface area contributed by atoms with Crippen LogP contribution in [0.5, 0.6) is 0 Å². The molecule has 0 atom stereocenters. The van der Waals surface area contributed by atoms with Gasteiger partial charge in [0.05, 0.1) is 11.9 Å². The van der Waals surface area contributed by atoms with Crippen LogP contribution in [0.25, 0.3) is 0 Å². The van der Waals surface area contributed by atoms with E-state index in [1.165, 1.54) is 4.68 Å². The van der Waals surface area contributed by atoms with Gasteiger partial charge >= 0.3 is 0 Å². The molecule has 1 amide bonds. The number of carbonyl (C=O) groups is 1. The van der Waals surface area contributed by atoms with Gasteiger partial charge in [0.1, 0.15) is 6.54 Å². The number of hydrogen-bond acceptors (Lipinski definition) is 4. The number of likely N-dealkylation sites (N-methyl/N-ethyl adjacent to an activating group) is 1. The highest BCUT2D eigenvalue weighted by Gasteiger charge is 2.03. The highest BCUT2D eigenvalue weighted by molar-refractivity contribution is 5.75. The lowest BCUT2D eigenvalue weighted by atomic mass is 10.5. The normalized spacial score (nSPS) is 10.1. The van der Waals surface area contributed by atoms with Crippen LogP contribution in [0.1, 0.15) is 12.6 Å². The molecule has 1 aromatic heterocycles. The molecule has 1 heterocycles. The van der Waals surface area contributed by atoms with Crippen LogP contribution in [-0.2, 0) is 17.9 Å². The van der Waals surface area contributed by atoms with Gasteiger partial charge in [-0.05, 0) is 14.0 Å². The van der Waals surface area contributed by atoms with Gasteiger partial charge in [-0.25, -0.2) is 4.68 Å². The van der Waals surface area contributed by atoms with Crippen LogP contribution in [0.15, 0.2) is 6.20 Å². The van der Waals surface area contributed by atoms with Crippen LogP contribution in [0, 0.1) is 0 Å². The lowest BCUT2D eigenvalue weighted by Gasteiger charge is -2.00. The Bertz CT molecular complexity index is 296. The number of nitrogens with one attached hydrogen (secondary N) is 2. The summed E-state index contributed by atoms with van der Waals surface area (Å²) in [7, 11) is 1.84. The molecule has 6 heteroatoms. The van der Waals surface area contributed by atoms with E-state index < -0.39 is 0 Å². The molecule has 0 bridgehead atoms. The van der Waals surface area contributed by atoms with Gasteiger partial charge < -0.3 is 10.6 Å². The van der Waals surface area contributed by atoms with E-state index in [2.05, 4.69) is 20.9 Å². The third-order valence-corrected chi connectivity index (χ3v) is 1.62. The lowest BCUT2D eigenvalue weighted by Crippen LogP contribution is -2.27. The summed E-state index contributed by atoms with van der Waals surface area (Å²) in [5.74, 6) is -0.0478. The molecule has 14 heavy (non-hydrogen) atoms. The maximum atomic E-state index is 11.2. The predicted octanol–water partition coefficient (Wildman–Crippen LogP) is -0.866. The highest BCUT2D eigenvalue weighted by Crippen LogP contribution is 1.91. The number of amides is 1. The van der Waals surface area contributed by atoms with Gasteiger partial charge in [-0.2, -0.15) is 0 Å². The molecule has 0 fully saturated rings. The van der Waals surface area contributed by atoms with Crippen molar-refractivity contribution in [2.45, 2.75) is 20.0 Å². The van der Waals surface area contributed by atoms with E-state index in [0.717, 1.165) is 5.69 Å². The number of nitrogens with zero attached hydrogens (tertiary/aromatic N) is 3. The van der Waals surface area contributed by atoms with E-state index in [4.69, 9.17) is 0 Å². The largest absolute Gasteiger partial charge is 0.355 e. The van der Waals surface area contributed by atoms with Crippen LogP contribution in [-0.4, -0.2) is 34.5 Å². The van der Waals surface area contributed by atoms with Gasteiger partial charge in [-0.3, -0.25) is 4.79 Å². The zero-order valence-corrected chi connectivity index (χ0v) is 8.45. The Morgan fingerprint density at radius 3 is 3.07 bits per heavy atom. The van der Waals surface area contributed by atoms with E-state index in [1.54, 1.807) is 6.20 Å². The summed E-state index contributed by atoms with van der Waals surface area (Å²) in [4.78, 5) is 11.2. The summed E-state index contributed by atoms with van der Waals surface area (Å²) < 4.78 is 1.53. The van der Waals surface area contributed by atoms with Crippen LogP contribution < -0.4 is 10.6 Å². The minimum absolute atomic E-state index is 0.0478. The Balaban J connectivity index is 2.46. The predicted molar refractivity (Wildman–Crippen MR) is 51.5 cm³/mol. The molecule has 0 aromatic carbocycles. The molecule has 2 N–H and O–H groups in total. The molecule has 0 spiro atoms. The number of carbonyl (C=O) groups excluding carboxylic acids is 1. The minimum Gasteiger partial charge on any atom is -0.355 e. The van der Waals surface area contributed by atoms with Crippen LogP contribution in [0.2, 0.25) is 0 Å². The number of aromatic nitrogens is 3. The first kappa shape index (κ1) is 10.6. The Morgan fingerprint density at radius 2 is 2.43 bits per heavy atom. The monoisotopic (exact) mass is 197 g/mol. The van der Waals surface area contributed by atoms with Crippen molar-refractivity contribution in [3.8, 4) is 0 Å². The fourth-order valence-electron chi connectivity index (χ4n) is 1.08. The zero-order valence-electron chi connectivity index (χ0n) is 8.45. The maximum Gasteiger partial charge on any atom is 0.241 e. The van der Waals surface area contributed by atoms with E-state index in [-0.39, 0.29) is 12.5 Å². The summed E-state index contributed by atoms with van der Waals surface area (Å²) in [6.45, 7) is 3.41. The molecule has 0 saturated heterocycles. The second-order valence-corrected chi connectivity index (χ2v) is 2.89. The van der Waals surface area contributed by atoms with Gasteiger partial charge in [0.25, 0.3) is 0 Å². The molecule has 1 rings (SSSR count). The van der Waals surface area contributed by atoms with Gasteiger partial charge in [-0.15, -0.1) is 5.10 Å². The van der Waals surface area contributed by atoms with Crippen molar-refractivity contribution in [1.29, 1.82) is 0 Å². The first-order chi connectivity index (χ1) is 6.76. The topological polar surface area (TPSA) is 71.8 Å². The molecule has 0 aliphatic heterocycles. The first-order valence-corrected chi connectivity index (χ1v) is 4.56. The van der Waals surface area contributed by atoms with Crippen molar-refractivity contribution < 1.29 is 4.79 Å². The molecule has 0 radical (unpaired) electrons. The number of rotatable bonds is 5. The summed E-state index contributed by atoms with van der Waals surface area (Å²) in [5, 5.41) is 13.4. The van der Waals surface area contributed by atoms with Crippen LogP contribution in [0.4, 0.5) is 0 Å². The van der Waals surface area contributed by atoms with E-state index in [0.29, 0.717) is 13.1 Å². The molecule has 6 nitrogen and oxygen atoms in total. The average Bonchev–Trinajstić information content (AvgIpc) is 2.53. The summed E-state index contributed by atoms with van der Waals surface area (Å²) in [6, 6.07) is 0. The molecule has 1 aromatic rings. The van der Waals surface area contributed by atoms with Crippen molar-refractivity contribution in [1.82, 2.24) is 25.6 Å². The SMILES string of the molecule is CCNC(=O)Cn1cc(CNC)nn1. The lowest BCUT2D eigenvalue weighted by molar-refractivity contribution is -0.121. The Hall–Kier alpha value is -1.43. The van der Waals surface area contributed by atoms with E-state index in [1.807, 2.05) is 14.0 Å². The van der Waals surface area contributed by atoms with Gasteiger partial charge in [0, 0.05) is 13.1 Å². The van der Waals surface area contributed by atoms with Crippen molar-refractivity contribution in [2.24, 2.45) is 0 Å². The van der Waals surface area contributed by atoms with Crippen molar-refractivity contribution in [3.63, 3.8) is 0 Å². The van der Waals surface area contributed by atoms with Gasteiger partial charge in [0.15, 0.2) is 0 Å². The first-order valence-electron chi connectivity index (χ1n) is 4.56. The third-order valence-electron chi connectivity index (χ3n) is 1.62. The quantitative estimate of drug-likeness (QED) is 0.644. The fourth-order valence-corrected chi connectivity index (χ4v) is 1.08. The third kappa shape index (κ3) is 3.14. The zero-order chi connectivity index (χ0) is 10.4. The minimum atomic E-state index is -0.0478. The van der Waals surface area contributed by atoms with Crippen molar-refractivity contribution in [2.75, 3.05) is 13.6 Å². The number of hydrogen-bond donors (Lipinski definition) is 2. The molecule has 0 aliphatic carbocycles.